The zero-order valence-corrected chi connectivity index (χ0v) is 16.0. The number of benzene rings is 1. The van der Waals surface area contributed by atoms with Gasteiger partial charge in [0, 0.05) is 24.0 Å². The zero-order chi connectivity index (χ0) is 18.8. The minimum Gasteiger partial charge on any atom is -0.311 e. The topological polar surface area (TPSA) is 83.4 Å². The number of aromatic nitrogens is 4. The summed E-state index contributed by atoms with van der Waals surface area (Å²) in [7, 11) is 0. The van der Waals surface area contributed by atoms with Crippen LogP contribution in [0.25, 0.3) is 5.78 Å². The molecule has 0 fully saturated rings. The second-order valence-corrected chi connectivity index (χ2v) is 7.53. The van der Waals surface area contributed by atoms with Crippen molar-refractivity contribution in [3.05, 3.63) is 51.9 Å². The molecule has 0 spiro atoms. The molecule has 7 nitrogen and oxygen atoms in total. The number of carbonyl (C=O) groups excluding carboxylic acids is 1. The van der Waals surface area contributed by atoms with E-state index in [4.69, 9.17) is 0 Å². The third-order valence-corrected chi connectivity index (χ3v) is 5.61. The number of hydrogen-bond acceptors (Lipinski definition) is 5. The van der Waals surface area contributed by atoms with Gasteiger partial charge in [-0.1, -0.05) is 43.3 Å². The minimum absolute atomic E-state index is 0.0605. The van der Waals surface area contributed by atoms with Gasteiger partial charge in [-0.15, -0.1) is 10.2 Å². The number of aryl methyl sites for hydroxylation is 2. The Kier molecular flexibility index (Phi) is 4.98. The molecular weight excluding hydrogens is 362 g/mol. The van der Waals surface area contributed by atoms with Crippen molar-refractivity contribution in [1.29, 1.82) is 0 Å². The Morgan fingerprint density at radius 2 is 2.15 bits per heavy atom. The number of H-pyrrole nitrogens is 1. The van der Waals surface area contributed by atoms with E-state index < -0.39 is 0 Å². The van der Waals surface area contributed by atoms with E-state index in [0.29, 0.717) is 10.9 Å². The van der Waals surface area contributed by atoms with Gasteiger partial charge in [0.1, 0.15) is 0 Å². The van der Waals surface area contributed by atoms with Gasteiger partial charge in [-0.2, -0.15) is 0 Å². The highest BCUT2D eigenvalue weighted by molar-refractivity contribution is 7.99. The molecule has 0 aliphatic carbocycles. The van der Waals surface area contributed by atoms with Crippen molar-refractivity contribution in [2.75, 3.05) is 17.2 Å². The van der Waals surface area contributed by atoms with Crippen molar-refractivity contribution in [2.24, 2.45) is 0 Å². The maximum Gasteiger partial charge on any atom is 0.252 e. The number of nitrogens with one attached hydrogen (secondary N) is 1. The highest BCUT2D eigenvalue weighted by atomic mass is 32.2. The molecule has 3 aromatic rings. The molecule has 2 aromatic heterocycles. The second-order valence-electron chi connectivity index (χ2n) is 6.58. The zero-order valence-electron chi connectivity index (χ0n) is 15.1. The average Bonchev–Trinajstić information content (AvgIpc) is 3.08. The van der Waals surface area contributed by atoms with Gasteiger partial charge in [-0.3, -0.25) is 19.0 Å². The fourth-order valence-corrected chi connectivity index (χ4v) is 4.34. The van der Waals surface area contributed by atoms with E-state index in [1.165, 1.54) is 17.3 Å². The molecule has 1 amide bonds. The van der Waals surface area contributed by atoms with Crippen molar-refractivity contribution in [2.45, 2.75) is 37.8 Å². The minimum atomic E-state index is -0.184. The van der Waals surface area contributed by atoms with Crippen LogP contribution in [-0.4, -0.2) is 37.8 Å². The molecule has 1 aromatic carbocycles. The van der Waals surface area contributed by atoms with E-state index >= 15 is 0 Å². The fraction of sp³-hybridized carbons (Fsp3) is 0.368. The molecule has 0 radical (unpaired) electrons. The van der Waals surface area contributed by atoms with Crippen LogP contribution in [0.1, 0.15) is 31.0 Å². The largest absolute Gasteiger partial charge is 0.311 e. The average molecular weight is 383 g/mol. The molecule has 0 saturated carbocycles. The highest BCUT2D eigenvalue weighted by Gasteiger charge is 2.23. The summed E-state index contributed by atoms with van der Waals surface area (Å²) in [6, 6.07) is 9.65. The van der Waals surface area contributed by atoms with Gasteiger partial charge in [0.05, 0.1) is 5.75 Å². The predicted octanol–water partition coefficient (Wildman–Crippen LogP) is 2.44. The van der Waals surface area contributed by atoms with E-state index in [0.717, 1.165) is 43.6 Å². The lowest BCUT2D eigenvalue weighted by molar-refractivity contribution is -0.116. The number of carbonyl (C=O) groups is 1. The van der Waals surface area contributed by atoms with Crippen molar-refractivity contribution < 1.29 is 4.79 Å². The van der Waals surface area contributed by atoms with E-state index in [-0.39, 0.29) is 17.2 Å². The van der Waals surface area contributed by atoms with Crippen LogP contribution in [0.15, 0.2) is 40.3 Å². The Morgan fingerprint density at radius 3 is 3.00 bits per heavy atom. The number of amides is 1. The van der Waals surface area contributed by atoms with Crippen LogP contribution in [0.5, 0.6) is 0 Å². The lowest BCUT2D eigenvalue weighted by Gasteiger charge is -2.29. The summed E-state index contributed by atoms with van der Waals surface area (Å²) in [4.78, 5) is 29.2. The molecular formula is C19H21N5O2S. The van der Waals surface area contributed by atoms with Crippen molar-refractivity contribution in [1.82, 2.24) is 19.6 Å². The van der Waals surface area contributed by atoms with Crippen LogP contribution in [0.3, 0.4) is 0 Å². The third-order valence-electron chi connectivity index (χ3n) is 4.70. The summed E-state index contributed by atoms with van der Waals surface area (Å²) in [5.74, 6) is 0.759. The summed E-state index contributed by atoms with van der Waals surface area (Å²) in [5.41, 5.74) is 2.91. The quantitative estimate of drug-likeness (QED) is 0.684. The molecule has 1 aliphatic heterocycles. The van der Waals surface area contributed by atoms with Gasteiger partial charge in [-0.05, 0) is 30.9 Å². The van der Waals surface area contributed by atoms with E-state index in [2.05, 4.69) is 28.2 Å². The Hall–Kier alpha value is -2.61. The summed E-state index contributed by atoms with van der Waals surface area (Å²) in [6.45, 7) is 2.80. The number of rotatable bonds is 5. The van der Waals surface area contributed by atoms with Crippen LogP contribution in [-0.2, 0) is 17.6 Å². The lowest BCUT2D eigenvalue weighted by atomic mass is 10.0. The number of aromatic amines is 1. The van der Waals surface area contributed by atoms with Crippen molar-refractivity contribution in [3.63, 3.8) is 0 Å². The lowest BCUT2D eigenvalue weighted by Crippen LogP contribution is -2.36. The Balaban J connectivity index is 1.56. The number of thioether (sulfide) groups is 1. The standard InChI is InChI=1S/C19H21N5O2S/c1-2-6-14-11-16(25)20-18-21-22-19(24(14)18)27-12-17(26)23-10-5-8-13-7-3-4-9-15(13)23/h3-4,7,9,11H,2,5-6,8,10,12H2,1H3,(H,20,21,25). The molecule has 4 rings (SSSR count). The SMILES string of the molecule is CCCc1cc(=O)[nH]c2nnc(SCC(=O)N3CCCc4ccccc43)n12. The molecule has 140 valence electrons. The van der Waals surface area contributed by atoms with Crippen LogP contribution < -0.4 is 10.5 Å². The van der Waals surface area contributed by atoms with E-state index in [1.807, 2.05) is 27.5 Å². The monoisotopic (exact) mass is 383 g/mol. The van der Waals surface area contributed by atoms with Gasteiger partial charge in [0.25, 0.3) is 5.56 Å². The van der Waals surface area contributed by atoms with Crippen LogP contribution in [0.2, 0.25) is 0 Å². The first-order valence-corrected chi connectivity index (χ1v) is 10.1. The van der Waals surface area contributed by atoms with Crippen LogP contribution >= 0.6 is 11.8 Å². The van der Waals surface area contributed by atoms with Gasteiger partial charge < -0.3 is 4.90 Å². The summed E-state index contributed by atoms with van der Waals surface area (Å²) in [5, 5.41) is 8.86. The Morgan fingerprint density at radius 1 is 1.30 bits per heavy atom. The maximum absolute atomic E-state index is 12.8. The summed E-state index contributed by atoms with van der Waals surface area (Å²) < 4.78 is 1.84. The number of anilines is 1. The normalized spacial score (nSPS) is 13.7. The molecule has 3 heterocycles. The number of nitrogens with zero attached hydrogens (tertiary/aromatic N) is 4. The predicted molar refractivity (Wildman–Crippen MR) is 105 cm³/mol. The second kappa shape index (κ2) is 7.56. The van der Waals surface area contributed by atoms with Gasteiger partial charge >= 0.3 is 0 Å². The van der Waals surface area contributed by atoms with Crippen LogP contribution in [0.4, 0.5) is 5.69 Å². The highest BCUT2D eigenvalue weighted by Crippen LogP contribution is 2.28. The molecule has 0 bridgehead atoms. The first-order valence-electron chi connectivity index (χ1n) is 9.15. The molecule has 1 aliphatic rings. The molecule has 0 atom stereocenters. The number of hydrogen-bond donors (Lipinski definition) is 1. The van der Waals surface area contributed by atoms with E-state index in [9.17, 15) is 9.59 Å². The van der Waals surface area contributed by atoms with Crippen molar-refractivity contribution >= 4 is 29.1 Å². The third kappa shape index (κ3) is 3.49. The first kappa shape index (κ1) is 17.8. The van der Waals surface area contributed by atoms with Crippen molar-refractivity contribution in [3.8, 4) is 0 Å². The van der Waals surface area contributed by atoms with Crippen LogP contribution in [0, 0.1) is 0 Å². The van der Waals surface area contributed by atoms with Gasteiger partial charge in [-0.25, -0.2) is 0 Å². The smallest absolute Gasteiger partial charge is 0.252 e. The summed E-state index contributed by atoms with van der Waals surface area (Å²) >= 11 is 1.35. The molecule has 27 heavy (non-hydrogen) atoms. The number of fused-ring (bicyclic) bond motifs is 2. The Labute approximate surface area is 160 Å². The summed E-state index contributed by atoms with van der Waals surface area (Å²) in [6.07, 6.45) is 3.64. The molecule has 8 heteroatoms. The molecule has 0 unspecified atom stereocenters. The molecule has 0 saturated heterocycles. The first-order chi connectivity index (χ1) is 13.2. The van der Waals surface area contributed by atoms with Gasteiger partial charge in [0.15, 0.2) is 5.16 Å². The van der Waals surface area contributed by atoms with Gasteiger partial charge in [0.2, 0.25) is 11.7 Å². The fourth-order valence-electron chi connectivity index (χ4n) is 3.50. The number of para-hydroxylation sites is 1. The van der Waals surface area contributed by atoms with E-state index in [1.54, 1.807) is 6.07 Å². The Bertz CT molecular complexity index is 1040. The maximum atomic E-state index is 12.8. The molecule has 1 N–H and O–H groups in total.